The molecule has 0 unspecified atom stereocenters. The molecule has 4 nitrogen and oxygen atoms in total. The highest BCUT2D eigenvalue weighted by atomic mass is 79.9. The van der Waals surface area contributed by atoms with Gasteiger partial charge in [0.05, 0.1) is 16.6 Å². The zero-order chi connectivity index (χ0) is 13.4. The van der Waals surface area contributed by atoms with Gasteiger partial charge in [-0.15, -0.1) is 0 Å². The molecule has 0 amide bonds. The highest BCUT2D eigenvalue weighted by Crippen LogP contribution is 2.28. The van der Waals surface area contributed by atoms with Gasteiger partial charge in [0.25, 0.3) is 5.69 Å². The highest BCUT2D eigenvalue weighted by molar-refractivity contribution is 9.09. The van der Waals surface area contributed by atoms with Crippen LogP contribution in [0.25, 0.3) is 0 Å². The minimum Gasteiger partial charge on any atom is -0.492 e. The number of rotatable bonds is 8. The van der Waals surface area contributed by atoms with Crippen LogP contribution < -0.4 is 4.74 Å². The molecular formula is C12H15BrClNO3. The topological polar surface area (TPSA) is 52.4 Å². The Kier molecular flexibility index (Phi) is 7.05. The minimum absolute atomic E-state index is 0.0235. The number of unbranched alkanes of at least 4 members (excludes halogenated alkanes) is 3. The fourth-order valence-corrected chi connectivity index (χ4v) is 2.08. The SMILES string of the molecule is O=[N+]([O-])c1ccc(OCCCCCCBr)c(Cl)c1. The molecule has 0 N–H and O–H groups in total. The number of nitrogens with zero attached hydrogens (tertiary/aromatic N) is 1. The molecule has 0 fully saturated rings. The lowest BCUT2D eigenvalue weighted by Gasteiger charge is -2.07. The van der Waals surface area contributed by atoms with Crippen LogP contribution in [-0.2, 0) is 0 Å². The number of hydrogen-bond donors (Lipinski definition) is 0. The van der Waals surface area contributed by atoms with Gasteiger partial charge >= 0.3 is 0 Å². The predicted molar refractivity (Wildman–Crippen MR) is 75.9 cm³/mol. The number of alkyl halides is 1. The van der Waals surface area contributed by atoms with Crippen molar-refractivity contribution in [2.75, 3.05) is 11.9 Å². The summed E-state index contributed by atoms with van der Waals surface area (Å²) in [5, 5.41) is 11.8. The fourth-order valence-electron chi connectivity index (χ4n) is 1.45. The average Bonchev–Trinajstić information content (AvgIpc) is 2.35. The van der Waals surface area contributed by atoms with Crippen LogP contribution in [0.2, 0.25) is 5.02 Å². The van der Waals surface area contributed by atoms with E-state index in [9.17, 15) is 10.1 Å². The molecule has 0 heterocycles. The van der Waals surface area contributed by atoms with E-state index in [1.165, 1.54) is 18.6 Å². The van der Waals surface area contributed by atoms with E-state index in [-0.39, 0.29) is 10.7 Å². The van der Waals surface area contributed by atoms with Gasteiger partial charge in [0, 0.05) is 17.5 Å². The molecule has 1 aromatic rings. The third-order valence-corrected chi connectivity index (χ3v) is 3.27. The zero-order valence-corrected chi connectivity index (χ0v) is 12.2. The molecule has 0 saturated heterocycles. The maximum absolute atomic E-state index is 10.5. The van der Waals surface area contributed by atoms with E-state index >= 15 is 0 Å². The van der Waals surface area contributed by atoms with Gasteiger partial charge in [-0.2, -0.15) is 0 Å². The number of nitro groups is 1. The molecule has 1 rings (SSSR count). The van der Waals surface area contributed by atoms with Gasteiger partial charge in [-0.1, -0.05) is 40.4 Å². The average molecular weight is 337 g/mol. The lowest BCUT2D eigenvalue weighted by Crippen LogP contribution is -1.98. The Balaban J connectivity index is 2.36. The van der Waals surface area contributed by atoms with Crippen LogP contribution >= 0.6 is 27.5 Å². The standard InChI is InChI=1S/C12H15BrClNO3/c13-7-3-1-2-4-8-18-12-6-5-10(15(16)17)9-11(12)14/h5-6,9H,1-4,7-8H2. The van der Waals surface area contributed by atoms with Crippen molar-refractivity contribution in [1.82, 2.24) is 0 Å². The van der Waals surface area contributed by atoms with E-state index in [0.717, 1.165) is 24.6 Å². The van der Waals surface area contributed by atoms with E-state index < -0.39 is 4.92 Å². The molecule has 0 aliphatic heterocycles. The lowest BCUT2D eigenvalue weighted by atomic mass is 10.2. The van der Waals surface area contributed by atoms with Crippen LogP contribution in [-0.4, -0.2) is 16.9 Å². The number of hydrogen-bond acceptors (Lipinski definition) is 3. The summed E-state index contributed by atoms with van der Waals surface area (Å²) in [7, 11) is 0. The number of benzene rings is 1. The minimum atomic E-state index is -0.476. The summed E-state index contributed by atoms with van der Waals surface area (Å²) in [6.07, 6.45) is 4.40. The van der Waals surface area contributed by atoms with Gasteiger partial charge in [-0.25, -0.2) is 0 Å². The summed E-state index contributed by atoms with van der Waals surface area (Å²) < 4.78 is 5.49. The van der Waals surface area contributed by atoms with Crippen LogP contribution in [0, 0.1) is 10.1 Å². The second-order valence-corrected chi connectivity index (χ2v) is 5.02. The van der Waals surface area contributed by atoms with Gasteiger partial charge in [-0.05, 0) is 18.9 Å². The second-order valence-electron chi connectivity index (χ2n) is 3.82. The van der Waals surface area contributed by atoms with Crippen molar-refractivity contribution in [2.24, 2.45) is 0 Å². The Labute approximate surface area is 120 Å². The van der Waals surface area contributed by atoms with Crippen LogP contribution in [0.4, 0.5) is 5.69 Å². The molecule has 0 aliphatic carbocycles. The molecule has 6 heteroatoms. The third kappa shape index (κ3) is 5.23. The van der Waals surface area contributed by atoms with Gasteiger partial charge in [0.1, 0.15) is 5.75 Å². The Morgan fingerprint density at radius 1 is 1.28 bits per heavy atom. The molecule has 0 aliphatic rings. The van der Waals surface area contributed by atoms with Gasteiger partial charge < -0.3 is 4.74 Å². The molecule has 0 aromatic heterocycles. The van der Waals surface area contributed by atoms with Crippen molar-refractivity contribution in [3.8, 4) is 5.75 Å². The van der Waals surface area contributed by atoms with Crippen molar-refractivity contribution in [3.63, 3.8) is 0 Å². The smallest absolute Gasteiger partial charge is 0.271 e. The Bertz CT molecular complexity index is 401. The van der Waals surface area contributed by atoms with E-state index in [2.05, 4.69) is 15.9 Å². The van der Waals surface area contributed by atoms with Crippen LogP contribution in [0.1, 0.15) is 25.7 Å². The van der Waals surface area contributed by atoms with Crippen LogP contribution in [0.15, 0.2) is 18.2 Å². The van der Waals surface area contributed by atoms with E-state index in [1.54, 1.807) is 6.07 Å². The first-order valence-corrected chi connectivity index (χ1v) is 7.28. The first kappa shape index (κ1) is 15.2. The summed E-state index contributed by atoms with van der Waals surface area (Å²) in [5.74, 6) is 0.503. The van der Waals surface area contributed by atoms with Crippen LogP contribution in [0.3, 0.4) is 0 Å². The van der Waals surface area contributed by atoms with Gasteiger partial charge in [-0.3, -0.25) is 10.1 Å². The molecule has 1 aromatic carbocycles. The summed E-state index contributed by atoms with van der Waals surface area (Å²) in [4.78, 5) is 10.1. The van der Waals surface area contributed by atoms with Crippen molar-refractivity contribution in [3.05, 3.63) is 33.3 Å². The van der Waals surface area contributed by atoms with Gasteiger partial charge in [0.15, 0.2) is 0 Å². The highest BCUT2D eigenvalue weighted by Gasteiger charge is 2.09. The predicted octanol–water partition coefficient (Wildman–Crippen LogP) is 4.58. The molecule has 18 heavy (non-hydrogen) atoms. The van der Waals surface area contributed by atoms with E-state index in [0.29, 0.717) is 12.4 Å². The largest absolute Gasteiger partial charge is 0.492 e. The van der Waals surface area contributed by atoms with Crippen molar-refractivity contribution in [2.45, 2.75) is 25.7 Å². The molecule has 100 valence electrons. The van der Waals surface area contributed by atoms with Crippen molar-refractivity contribution >= 4 is 33.2 Å². The Morgan fingerprint density at radius 2 is 2.00 bits per heavy atom. The van der Waals surface area contributed by atoms with E-state index in [4.69, 9.17) is 16.3 Å². The number of ether oxygens (including phenoxy) is 1. The normalized spacial score (nSPS) is 10.3. The van der Waals surface area contributed by atoms with E-state index in [1.807, 2.05) is 0 Å². The Morgan fingerprint density at radius 3 is 2.61 bits per heavy atom. The summed E-state index contributed by atoms with van der Waals surface area (Å²) in [6, 6.07) is 4.24. The second kappa shape index (κ2) is 8.32. The Hall–Kier alpha value is -0.810. The number of nitro benzene ring substituents is 1. The summed E-state index contributed by atoms with van der Waals surface area (Å²) in [6.45, 7) is 0.583. The molecule has 0 spiro atoms. The third-order valence-electron chi connectivity index (χ3n) is 2.41. The molecular weight excluding hydrogens is 321 g/mol. The van der Waals surface area contributed by atoms with Crippen LogP contribution in [0.5, 0.6) is 5.75 Å². The molecule has 0 atom stereocenters. The quantitative estimate of drug-likeness (QED) is 0.302. The first-order valence-electron chi connectivity index (χ1n) is 5.78. The number of halogens is 2. The summed E-state index contributed by atoms with van der Waals surface area (Å²) >= 11 is 9.28. The van der Waals surface area contributed by atoms with Crippen molar-refractivity contribution in [1.29, 1.82) is 0 Å². The maximum Gasteiger partial charge on any atom is 0.271 e. The monoisotopic (exact) mass is 335 g/mol. The molecule has 0 saturated carbocycles. The fraction of sp³-hybridized carbons (Fsp3) is 0.500. The zero-order valence-electron chi connectivity index (χ0n) is 9.90. The maximum atomic E-state index is 10.5. The van der Waals surface area contributed by atoms with Crippen molar-refractivity contribution < 1.29 is 9.66 Å². The first-order chi connectivity index (χ1) is 8.65. The summed E-state index contributed by atoms with van der Waals surface area (Å²) in [5.41, 5.74) is -0.0235. The van der Waals surface area contributed by atoms with Gasteiger partial charge in [0.2, 0.25) is 0 Å². The molecule has 0 radical (unpaired) electrons. The molecule has 0 bridgehead atoms. The lowest BCUT2D eigenvalue weighted by molar-refractivity contribution is -0.384. The number of non-ortho nitro benzene ring substituents is 1.